The lowest BCUT2D eigenvalue weighted by molar-refractivity contribution is -0.385. The second-order valence-corrected chi connectivity index (χ2v) is 6.32. The summed E-state index contributed by atoms with van der Waals surface area (Å²) in [6.45, 7) is 3.96. The molecule has 9 heteroatoms. The van der Waals surface area contributed by atoms with Crippen LogP contribution in [0.15, 0.2) is 18.2 Å². The van der Waals surface area contributed by atoms with E-state index in [4.69, 9.17) is 11.6 Å². The first-order valence-corrected chi connectivity index (χ1v) is 8.25. The highest BCUT2D eigenvalue weighted by Gasteiger charge is 2.30. The van der Waals surface area contributed by atoms with Gasteiger partial charge in [-0.2, -0.15) is 0 Å². The van der Waals surface area contributed by atoms with Crippen LogP contribution in [0.1, 0.15) is 23.7 Å². The van der Waals surface area contributed by atoms with Crippen molar-refractivity contribution < 1.29 is 19.2 Å². The van der Waals surface area contributed by atoms with Gasteiger partial charge >= 0.3 is 5.97 Å². The molecule has 1 aliphatic heterocycles. The fourth-order valence-electron chi connectivity index (χ4n) is 2.86. The molecule has 1 fully saturated rings. The van der Waals surface area contributed by atoms with E-state index in [1.807, 2.05) is 6.92 Å². The summed E-state index contributed by atoms with van der Waals surface area (Å²) in [6.07, 6.45) is 0.289. The van der Waals surface area contributed by atoms with Crippen LogP contribution in [0.5, 0.6) is 0 Å². The van der Waals surface area contributed by atoms with Crippen LogP contribution in [0.2, 0.25) is 5.02 Å². The fourth-order valence-corrected chi connectivity index (χ4v) is 3.02. The molecule has 1 aromatic carbocycles. The van der Waals surface area contributed by atoms with Crippen molar-refractivity contribution in [2.24, 2.45) is 0 Å². The maximum Gasteiger partial charge on any atom is 0.306 e. The predicted molar refractivity (Wildman–Crippen MR) is 91.7 cm³/mol. The number of piperazine rings is 1. The molecule has 1 aromatic rings. The molecular weight excluding hydrogens is 350 g/mol. The van der Waals surface area contributed by atoms with Gasteiger partial charge in [0.25, 0.3) is 11.6 Å². The van der Waals surface area contributed by atoms with Crippen molar-refractivity contribution in [2.45, 2.75) is 19.4 Å². The average Bonchev–Trinajstić information content (AvgIpc) is 2.59. The third-order valence-corrected chi connectivity index (χ3v) is 4.51. The lowest BCUT2D eigenvalue weighted by Crippen LogP contribution is -2.54. The molecule has 25 heavy (non-hydrogen) atoms. The molecule has 1 aliphatic rings. The number of carbonyl (C=O) groups excluding carboxylic acids is 2. The standard InChI is InChI=1S/C16H20ClN3O5/c1-11-10-19(8-7-18(11)6-5-15(21)25-2)16(22)13-4-3-12(17)9-14(13)20(23)24/h3-4,9,11H,5-8,10H2,1-2H3/t11-/m0/s1. The van der Waals surface area contributed by atoms with Gasteiger partial charge in [-0.25, -0.2) is 0 Å². The monoisotopic (exact) mass is 369 g/mol. The number of amides is 1. The molecule has 0 saturated carbocycles. The van der Waals surface area contributed by atoms with Crippen LogP contribution in [-0.2, 0) is 9.53 Å². The Morgan fingerprint density at radius 3 is 2.72 bits per heavy atom. The van der Waals surface area contributed by atoms with Crippen molar-refractivity contribution in [3.8, 4) is 0 Å². The summed E-state index contributed by atoms with van der Waals surface area (Å²) in [5, 5.41) is 11.4. The van der Waals surface area contributed by atoms with E-state index in [-0.39, 0.29) is 40.6 Å². The number of halogens is 1. The van der Waals surface area contributed by atoms with Crippen molar-refractivity contribution in [2.75, 3.05) is 33.3 Å². The molecule has 136 valence electrons. The minimum atomic E-state index is -0.602. The van der Waals surface area contributed by atoms with Crippen molar-refractivity contribution in [1.82, 2.24) is 9.80 Å². The zero-order chi connectivity index (χ0) is 18.6. The van der Waals surface area contributed by atoms with Gasteiger partial charge in [0.1, 0.15) is 5.56 Å². The quantitative estimate of drug-likeness (QED) is 0.447. The Balaban J connectivity index is 2.06. The Kier molecular flexibility index (Phi) is 6.33. The van der Waals surface area contributed by atoms with Gasteiger partial charge in [-0.3, -0.25) is 24.6 Å². The van der Waals surface area contributed by atoms with Crippen LogP contribution in [0.25, 0.3) is 0 Å². The number of ether oxygens (including phenoxy) is 1. The summed E-state index contributed by atoms with van der Waals surface area (Å²) in [5.41, 5.74) is -0.261. The second kappa shape index (κ2) is 8.26. The van der Waals surface area contributed by atoms with Crippen LogP contribution in [0.4, 0.5) is 5.69 Å². The number of hydrogen-bond donors (Lipinski definition) is 0. The topological polar surface area (TPSA) is 93.0 Å². The Morgan fingerprint density at radius 2 is 2.12 bits per heavy atom. The summed E-state index contributed by atoms with van der Waals surface area (Å²) in [4.78, 5) is 38.2. The van der Waals surface area contributed by atoms with Gasteiger partial charge in [-0.15, -0.1) is 0 Å². The molecule has 1 saturated heterocycles. The summed E-state index contributed by atoms with van der Waals surface area (Å²) in [7, 11) is 1.35. The van der Waals surface area contributed by atoms with Crippen molar-refractivity contribution in [3.63, 3.8) is 0 Å². The normalized spacial score (nSPS) is 18.0. The molecule has 1 heterocycles. The van der Waals surface area contributed by atoms with Crippen molar-refractivity contribution in [3.05, 3.63) is 38.9 Å². The van der Waals surface area contributed by atoms with Gasteiger partial charge in [0.05, 0.1) is 18.5 Å². The van der Waals surface area contributed by atoms with Gasteiger partial charge in [0.2, 0.25) is 0 Å². The van der Waals surface area contributed by atoms with Crippen molar-refractivity contribution in [1.29, 1.82) is 0 Å². The molecule has 0 spiro atoms. The molecule has 8 nitrogen and oxygen atoms in total. The zero-order valence-corrected chi connectivity index (χ0v) is 14.9. The fraction of sp³-hybridized carbons (Fsp3) is 0.500. The number of nitro groups is 1. The highest BCUT2D eigenvalue weighted by molar-refractivity contribution is 6.31. The van der Waals surface area contributed by atoms with Gasteiger partial charge in [-0.05, 0) is 19.1 Å². The third-order valence-electron chi connectivity index (χ3n) is 4.27. The Bertz CT molecular complexity index is 682. The SMILES string of the molecule is COC(=O)CCN1CCN(C(=O)c2ccc(Cl)cc2[N+](=O)[O-])C[C@@H]1C. The van der Waals surface area contributed by atoms with Crippen LogP contribution in [-0.4, -0.2) is 65.9 Å². The zero-order valence-electron chi connectivity index (χ0n) is 14.1. The van der Waals surface area contributed by atoms with Gasteiger partial charge in [0.15, 0.2) is 0 Å². The van der Waals surface area contributed by atoms with Crippen molar-refractivity contribution >= 4 is 29.2 Å². The number of benzene rings is 1. The summed E-state index contributed by atoms with van der Waals surface area (Å²) < 4.78 is 4.63. The molecule has 0 radical (unpaired) electrons. The number of nitro benzene ring substituents is 1. The van der Waals surface area contributed by atoms with Gasteiger partial charge in [0, 0.05) is 43.3 Å². The maximum absolute atomic E-state index is 12.7. The lowest BCUT2D eigenvalue weighted by Gasteiger charge is -2.39. The molecule has 0 aromatic heterocycles. The summed E-state index contributed by atoms with van der Waals surface area (Å²) in [5.74, 6) is -0.662. The van der Waals surface area contributed by atoms with Gasteiger partial charge < -0.3 is 9.64 Å². The average molecular weight is 370 g/mol. The van der Waals surface area contributed by atoms with E-state index in [0.717, 1.165) is 0 Å². The number of hydrogen-bond acceptors (Lipinski definition) is 6. The highest BCUT2D eigenvalue weighted by atomic mass is 35.5. The molecule has 1 atom stereocenters. The largest absolute Gasteiger partial charge is 0.469 e. The van der Waals surface area contributed by atoms with Crippen LogP contribution in [0, 0.1) is 10.1 Å². The van der Waals surface area contributed by atoms with E-state index in [1.165, 1.54) is 25.3 Å². The minimum Gasteiger partial charge on any atom is -0.469 e. The Labute approximate surface area is 150 Å². The van der Waals surface area contributed by atoms with E-state index in [1.54, 1.807) is 4.90 Å². The number of methoxy groups -OCH3 is 1. The molecule has 0 bridgehead atoms. The Morgan fingerprint density at radius 1 is 1.40 bits per heavy atom. The first-order chi connectivity index (χ1) is 11.8. The number of rotatable bonds is 5. The molecule has 2 rings (SSSR count). The molecule has 1 amide bonds. The molecule has 0 N–H and O–H groups in total. The van der Waals surface area contributed by atoms with Crippen LogP contribution < -0.4 is 0 Å². The minimum absolute atomic E-state index is 0.0320. The molecule has 0 aliphatic carbocycles. The van der Waals surface area contributed by atoms with E-state index in [2.05, 4.69) is 9.64 Å². The second-order valence-electron chi connectivity index (χ2n) is 5.88. The van der Waals surface area contributed by atoms with Crippen LogP contribution in [0.3, 0.4) is 0 Å². The number of esters is 1. The molecule has 0 unspecified atom stereocenters. The smallest absolute Gasteiger partial charge is 0.306 e. The number of nitrogens with zero attached hydrogens (tertiary/aromatic N) is 3. The number of carbonyl (C=O) groups is 2. The van der Waals surface area contributed by atoms with E-state index < -0.39 is 4.92 Å². The highest BCUT2D eigenvalue weighted by Crippen LogP contribution is 2.25. The van der Waals surface area contributed by atoms with Crippen LogP contribution >= 0.6 is 11.6 Å². The predicted octanol–water partition coefficient (Wildman–Crippen LogP) is 1.96. The Hall–Kier alpha value is -2.19. The summed E-state index contributed by atoms with van der Waals surface area (Å²) >= 11 is 5.79. The maximum atomic E-state index is 12.7. The third kappa shape index (κ3) is 4.67. The summed E-state index contributed by atoms with van der Waals surface area (Å²) in [6, 6.07) is 4.08. The molecular formula is C16H20ClN3O5. The lowest BCUT2D eigenvalue weighted by atomic mass is 10.1. The van der Waals surface area contributed by atoms with E-state index >= 15 is 0 Å². The first kappa shape index (κ1) is 19.1. The van der Waals surface area contributed by atoms with E-state index in [0.29, 0.717) is 26.2 Å². The van der Waals surface area contributed by atoms with E-state index in [9.17, 15) is 19.7 Å². The first-order valence-electron chi connectivity index (χ1n) is 7.87. The van der Waals surface area contributed by atoms with Gasteiger partial charge in [-0.1, -0.05) is 11.6 Å².